The third-order valence-electron chi connectivity index (χ3n) is 3.20. The molecule has 0 aromatic carbocycles. The SMILES string of the molecule is Cl.O=C(O)C1CCC2CCCC2N1. The van der Waals surface area contributed by atoms with Gasteiger partial charge < -0.3 is 10.4 Å². The maximum Gasteiger partial charge on any atom is 0.320 e. The van der Waals surface area contributed by atoms with Crippen LogP contribution in [0.5, 0.6) is 0 Å². The van der Waals surface area contributed by atoms with E-state index in [1.165, 1.54) is 19.3 Å². The molecule has 0 radical (unpaired) electrons. The Balaban J connectivity index is 0.000000845. The van der Waals surface area contributed by atoms with Gasteiger partial charge in [0, 0.05) is 6.04 Å². The van der Waals surface area contributed by atoms with Crippen molar-refractivity contribution in [3.05, 3.63) is 0 Å². The van der Waals surface area contributed by atoms with Crippen molar-refractivity contribution < 1.29 is 9.90 Å². The van der Waals surface area contributed by atoms with Crippen molar-refractivity contribution in [2.75, 3.05) is 0 Å². The minimum atomic E-state index is -0.680. The van der Waals surface area contributed by atoms with E-state index in [-0.39, 0.29) is 18.4 Å². The van der Waals surface area contributed by atoms with E-state index in [9.17, 15) is 4.79 Å². The molecule has 1 saturated heterocycles. The number of carboxylic acids is 1. The quantitative estimate of drug-likeness (QED) is 0.681. The van der Waals surface area contributed by atoms with E-state index in [0.717, 1.165) is 18.8 Å². The molecule has 0 bridgehead atoms. The Kier molecular flexibility index (Phi) is 3.56. The molecule has 3 nitrogen and oxygen atoms in total. The Morgan fingerprint density at radius 1 is 1.23 bits per heavy atom. The van der Waals surface area contributed by atoms with Crippen molar-refractivity contribution in [1.29, 1.82) is 0 Å². The Bertz CT molecular complexity index is 198. The highest BCUT2D eigenvalue weighted by Gasteiger charge is 2.35. The molecule has 0 aromatic heterocycles. The lowest BCUT2D eigenvalue weighted by Gasteiger charge is -2.31. The zero-order valence-corrected chi connectivity index (χ0v) is 8.35. The molecule has 0 amide bonds. The minimum Gasteiger partial charge on any atom is -0.480 e. The van der Waals surface area contributed by atoms with Crippen LogP contribution in [0.1, 0.15) is 32.1 Å². The average Bonchev–Trinajstić information content (AvgIpc) is 2.49. The van der Waals surface area contributed by atoms with E-state index in [2.05, 4.69) is 5.32 Å². The highest BCUT2D eigenvalue weighted by atomic mass is 35.5. The standard InChI is InChI=1S/C9H15NO2.ClH/c11-9(12)8-5-4-6-2-1-3-7(6)10-8;/h6-8,10H,1-5H2,(H,11,12);1H. The molecule has 3 atom stereocenters. The molecule has 1 aliphatic heterocycles. The number of carbonyl (C=O) groups is 1. The Hall–Kier alpha value is -0.280. The summed E-state index contributed by atoms with van der Waals surface area (Å²) in [7, 11) is 0. The maximum absolute atomic E-state index is 10.7. The van der Waals surface area contributed by atoms with Crippen LogP contribution in [0.3, 0.4) is 0 Å². The van der Waals surface area contributed by atoms with Gasteiger partial charge in [0.15, 0.2) is 0 Å². The third-order valence-corrected chi connectivity index (χ3v) is 3.20. The van der Waals surface area contributed by atoms with Gasteiger partial charge in [-0.25, -0.2) is 0 Å². The molecule has 2 aliphatic rings. The van der Waals surface area contributed by atoms with Gasteiger partial charge in [0.2, 0.25) is 0 Å². The van der Waals surface area contributed by atoms with Crippen LogP contribution >= 0.6 is 12.4 Å². The number of rotatable bonds is 1. The van der Waals surface area contributed by atoms with Gasteiger partial charge in [0.25, 0.3) is 0 Å². The third kappa shape index (κ3) is 2.15. The van der Waals surface area contributed by atoms with Gasteiger partial charge in [0.1, 0.15) is 6.04 Å². The van der Waals surface area contributed by atoms with E-state index in [1.54, 1.807) is 0 Å². The Morgan fingerprint density at radius 3 is 2.69 bits per heavy atom. The lowest BCUT2D eigenvalue weighted by molar-refractivity contribution is -0.140. The average molecular weight is 206 g/mol. The van der Waals surface area contributed by atoms with E-state index in [1.807, 2.05) is 0 Å². The Labute approximate surface area is 84.3 Å². The first-order valence-corrected chi connectivity index (χ1v) is 4.76. The van der Waals surface area contributed by atoms with Gasteiger partial charge >= 0.3 is 5.97 Å². The summed E-state index contributed by atoms with van der Waals surface area (Å²) in [5.74, 6) is 0.0842. The highest BCUT2D eigenvalue weighted by molar-refractivity contribution is 5.85. The van der Waals surface area contributed by atoms with E-state index in [4.69, 9.17) is 5.11 Å². The predicted octanol–water partition coefficient (Wildman–Crippen LogP) is 1.41. The number of hydrogen-bond donors (Lipinski definition) is 2. The summed E-state index contributed by atoms with van der Waals surface area (Å²) >= 11 is 0. The molecule has 1 saturated carbocycles. The van der Waals surface area contributed by atoms with Crippen LogP contribution in [0, 0.1) is 5.92 Å². The zero-order valence-electron chi connectivity index (χ0n) is 7.53. The van der Waals surface area contributed by atoms with Crippen LogP contribution in [0.2, 0.25) is 0 Å². The summed E-state index contributed by atoms with van der Waals surface area (Å²) in [4.78, 5) is 10.7. The molecule has 76 valence electrons. The van der Waals surface area contributed by atoms with Crippen molar-refractivity contribution in [2.24, 2.45) is 5.92 Å². The summed E-state index contributed by atoms with van der Waals surface area (Å²) in [6, 6.07) is 0.226. The molecule has 2 rings (SSSR count). The molecule has 2 N–H and O–H groups in total. The molecule has 1 heterocycles. The lowest BCUT2D eigenvalue weighted by atomic mass is 9.90. The van der Waals surface area contributed by atoms with Crippen LogP contribution < -0.4 is 5.32 Å². The van der Waals surface area contributed by atoms with Crippen molar-refractivity contribution in [3.8, 4) is 0 Å². The van der Waals surface area contributed by atoms with Gasteiger partial charge in [-0.2, -0.15) is 0 Å². The van der Waals surface area contributed by atoms with Crippen LogP contribution in [0.25, 0.3) is 0 Å². The molecule has 13 heavy (non-hydrogen) atoms. The number of carboxylic acid groups (broad SMARTS) is 1. The normalized spacial score (nSPS) is 37.7. The smallest absolute Gasteiger partial charge is 0.320 e. The van der Waals surface area contributed by atoms with E-state index >= 15 is 0 Å². The van der Waals surface area contributed by atoms with Gasteiger partial charge in [0.05, 0.1) is 0 Å². The molecule has 0 aromatic rings. The largest absolute Gasteiger partial charge is 0.480 e. The van der Waals surface area contributed by atoms with E-state index in [0.29, 0.717) is 6.04 Å². The number of fused-ring (bicyclic) bond motifs is 1. The molecule has 4 heteroatoms. The summed E-state index contributed by atoms with van der Waals surface area (Å²) in [5, 5.41) is 12.0. The summed E-state index contributed by atoms with van der Waals surface area (Å²) in [6.07, 6.45) is 5.66. The zero-order chi connectivity index (χ0) is 8.55. The molecular weight excluding hydrogens is 190 g/mol. The number of hydrogen-bond acceptors (Lipinski definition) is 2. The fourth-order valence-electron chi connectivity index (χ4n) is 2.52. The minimum absolute atomic E-state index is 0. The summed E-state index contributed by atoms with van der Waals surface area (Å²) in [5.41, 5.74) is 0. The van der Waals surface area contributed by atoms with Crippen LogP contribution in [-0.4, -0.2) is 23.2 Å². The van der Waals surface area contributed by atoms with Gasteiger partial charge in [-0.1, -0.05) is 6.42 Å². The van der Waals surface area contributed by atoms with E-state index < -0.39 is 5.97 Å². The molecule has 1 aliphatic carbocycles. The first kappa shape index (κ1) is 10.8. The topological polar surface area (TPSA) is 49.3 Å². The maximum atomic E-state index is 10.7. The molecule has 2 fully saturated rings. The summed E-state index contributed by atoms with van der Waals surface area (Å²) in [6.45, 7) is 0. The second-order valence-corrected chi connectivity index (χ2v) is 3.93. The van der Waals surface area contributed by atoms with Crippen molar-refractivity contribution in [1.82, 2.24) is 5.32 Å². The monoisotopic (exact) mass is 205 g/mol. The fraction of sp³-hybridized carbons (Fsp3) is 0.889. The number of halogens is 1. The number of aliphatic carboxylic acids is 1. The first-order chi connectivity index (χ1) is 5.77. The summed E-state index contributed by atoms with van der Waals surface area (Å²) < 4.78 is 0. The molecular formula is C9H16ClNO2. The van der Waals surface area contributed by atoms with Crippen molar-refractivity contribution >= 4 is 18.4 Å². The van der Waals surface area contributed by atoms with Gasteiger partial charge in [-0.15, -0.1) is 12.4 Å². The number of piperidine rings is 1. The second kappa shape index (κ2) is 4.29. The number of nitrogens with one attached hydrogen (secondary N) is 1. The van der Waals surface area contributed by atoms with Crippen LogP contribution in [0.4, 0.5) is 0 Å². The molecule has 0 spiro atoms. The second-order valence-electron chi connectivity index (χ2n) is 3.93. The van der Waals surface area contributed by atoms with Crippen molar-refractivity contribution in [2.45, 2.75) is 44.2 Å². The molecule has 3 unspecified atom stereocenters. The highest BCUT2D eigenvalue weighted by Crippen LogP contribution is 2.33. The first-order valence-electron chi connectivity index (χ1n) is 4.76. The lowest BCUT2D eigenvalue weighted by Crippen LogP contribution is -2.48. The van der Waals surface area contributed by atoms with Crippen LogP contribution in [0.15, 0.2) is 0 Å². The predicted molar refractivity (Wildman–Crippen MR) is 52.2 cm³/mol. The van der Waals surface area contributed by atoms with Gasteiger partial charge in [-0.3, -0.25) is 4.79 Å². The Morgan fingerprint density at radius 2 is 2.00 bits per heavy atom. The van der Waals surface area contributed by atoms with Crippen molar-refractivity contribution in [3.63, 3.8) is 0 Å². The fourth-order valence-corrected chi connectivity index (χ4v) is 2.52. The van der Waals surface area contributed by atoms with Crippen LogP contribution in [-0.2, 0) is 4.79 Å². The van der Waals surface area contributed by atoms with Gasteiger partial charge in [-0.05, 0) is 31.6 Å².